The van der Waals surface area contributed by atoms with Gasteiger partial charge in [-0.2, -0.15) is 5.26 Å². The molecule has 1 aromatic heterocycles. The van der Waals surface area contributed by atoms with E-state index in [0.717, 1.165) is 34.7 Å². The van der Waals surface area contributed by atoms with Crippen molar-refractivity contribution >= 4 is 56.8 Å². The first-order chi connectivity index (χ1) is 14.1. The van der Waals surface area contributed by atoms with Crippen LogP contribution in [0.1, 0.15) is 29.8 Å². The monoisotopic (exact) mass is 460 g/mol. The van der Waals surface area contributed by atoms with Gasteiger partial charge in [-0.1, -0.05) is 31.3 Å². The van der Waals surface area contributed by atoms with Crippen LogP contribution in [-0.2, 0) is 0 Å². The van der Waals surface area contributed by atoms with Crippen LogP contribution in [-0.4, -0.2) is 48.2 Å². The van der Waals surface area contributed by atoms with Crippen LogP contribution in [0.5, 0.6) is 0 Å². The van der Waals surface area contributed by atoms with E-state index < -0.39 is 0 Å². The van der Waals surface area contributed by atoms with Crippen molar-refractivity contribution in [2.45, 2.75) is 18.7 Å². The normalized spacial score (nSPS) is 10.6. The van der Waals surface area contributed by atoms with Crippen LogP contribution in [0, 0.1) is 11.3 Å². The van der Waals surface area contributed by atoms with Gasteiger partial charge in [0.2, 0.25) is 0 Å². The zero-order valence-electron chi connectivity index (χ0n) is 17.3. The van der Waals surface area contributed by atoms with Gasteiger partial charge >= 0.3 is 0 Å². The van der Waals surface area contributed by atoms with E-state index in [0.29, 0.717) is 22.8 Å². The Bertz CT molecular complexity index is 1030. The largest absolute Gasteiger partial charge is 0.302 e. The van der Waals surface area contributed by atoms with Crippen LogP contribution < -0.4 is 4.90 Å². The molecule has 5 nitrogen and oxygen atoms in total. The van der Waals surface area contributed by atoms with Gasteiger partial charge in [-0.3, -0.25) is 9.69 Å². The molecule has 3 aromatic rings. The number of amides is 1. The molecule has 3 rings (SSSR count). The van der Waals surface area contributed by atoms with Gasteiger partial charge in [0, 0.05) is 23.5 Å². The van der Waals surface area contributed by atoms with Crippen molar-refractivity contribution in [1.29, 1.82) is 5.26 Å². The molecular formula is C22H25ClN4OS2. The summed E-state index contributed by atoms with van der Waals surface area (Å²) in [5, 5.41) is 9.73. The van der Waals surface area contributed by atoms with Crippen molar-refractivity contribution in [2.24, 2.45) is 0 Å². The number of halogens is 1. The summed E-state index contributed by atoms with van der Waals surface area (Å²) in [5.41, 5.74) is 2.05. The number of carbonyl (C=O) groups is 1. The van der Waals surface area contributed by atoms with Crippen molar-refractivity contribution in [1.82, 2.24) is 9.88 Å². The van der Waals surface area contributed by atoms with Crippen molar-refractivity contribution < 1.29 is 4.79 Å². The average Bonchev–Trinajstić information content (AvgIpc) is 3.20. The van der Waals surface area contributed by atoms with Gasteiger partial charge in [-0.15, -0.1) is 24.2 Å². The molecule has 0 saturated carbocycles. The second-order valence-corrected chi connectivity index (χ2v) is 8.33. The lowest BCUT2D eigenvalue weighted by Gasteiger charge is -2.24. The fourth-order valence-electron chi connectivity index (χ4n) is 3.10. The Balaban J connectivity index is 0.00000320. The van der Waals surface area contributed by atoms with Crippen LogP contribution in [0.25, 0.3) is 10.2 Å². The van der Waals surface area contributed by atoms with Crippen LogP contribution in [0.4, 0.5) is 5.13 Å². The molecule has 8 heteroatoms. The Morgan fingerprint density at radius 3 is 2.43 bits per heavy atom. The minimum atomic E-state index is -0.0913. The number of nitriles is 1. The molecular weight excluding hydrogens is 436 g/mol. The number of fused-ring (bicyclic) bond motifs is 1. The number of carbonyl (C=O) groups excluding carboxylic acids is 1. The van der Waals surface area contributed by atoms with E-state index in [1.165, 1.54) is 0 Å². The van der Waals surface area contributed by atoms with Crippen LogP contribution >= 0.6 is 35.5 Å². The Labute approximate surface area is 192 Å². The fraction of sp³-hybridized carbons (Fsp3) is 0.318. The van der Waals surface area contributed by atoms with Gasteiger partial charge in [0.1, 0.15) is 0 Å². The van der Waals surface area contributed by atoms with E-state index in [-0.39, 0.29) is 18.3 Å². The maximum absolute atomic E-state index is 13.4. The molecule has 0 fully saturated rings. The maximum Gasteiger partial charge on any atom is 0.260 e. The zero-order chi connectivity index (χ0) is 20.8. The summed E-state index contributed by atoms with van der Waals surface area (Å²) in [6, 6.07) is 15.0. The summed E-state index contributed by atoms with van der Waals surface area (Å²) in [6.45, 7) is 7.46. The Morgan fingerprint density at radius 2 is 1.83 bits per heavy atom. The molecule has 0 bridgehead atoms. The smallest absolute Gasteiger partial charge is 0.260 e. The lowest BCUT2D eigenvalue weighted by molar-refractivity contribution is 0.0984. The van der Waals surface area contributed by atoms with E-state index in [1.54, 1.807) is 52.3 Å². The van der Waals surface area contributed by atoms with Crippen molar-refractivity contribution in [3.05, 3.63) is 53.6 Å². The first-order valence-electron chi connectivity index (χ1n) is 9.59. The van der Waals surface area contributed by atoms with Gasteiger partial charge < -0.3 is 4.90 Å². The SMILES string of the molecule is CCN(CC)CCN(C(=O)c1ccc(C#N)cc1)c1nc2c(SC)cccc2s1.Cl. The number of benzene rings is 2. The molecule has 0 aliphatic rings. The molecule has 0 unspecified atom stereocenters. The predicted molar refractivity (Wildman–Crippen MR) is 129 cm³/mol. The number of nitrogens with zero attached hydrogens (tertiary/aromatic N) is 4. The molecule has 0 spiro atoms. The summed E-state index contributed by atoms with van der Waals surface area (Å²) < 4.78 is 1.08. The van der Waals surface area contributed by atoms with Gasteiger partial charge in [0.05, 0.1) is 21.8 Å². The molecule has 158 valence electrons. The second kappa shape index (κ2) is 11.3. The molecule has 0 aliphatic carbocycles. The highest BCUT2D eigenvalue weighted by atomic mass is 35.5. The molecule has 0 saturated heterocycles. The van der Waals surface area contributed by atoms with E-state index in [2.05, 4.69) is 30.9 Å². The first-order valence-corrected chi connectivity index (χ1v) is 11.6. The topological polar surface area (TPSA) is 60.2 Å². The number of hydrogen-bond acceptors (Lipinski definition) is 6. The standard InChI is InChI=1S/C22H24N4OS2.ClH/c1-4-25(5-2)13-14-26(21(27)17-11-9-16(15-23)10-12-17)22-24-20-18(28-3)7-6-8-19(20)29-22;/h6-12H,4-5,13-14H2,1-3H3;1H. The number of likely N-dealkylation sites (N-methyl/N-ethyl adjacent to an activating group) is 1. The van der Waals surface area contributed by atoms with Crippen LogP contribution in [0.2, 0.25) is 0 Å². The fourth-order valence-corrected chi connectivity index (χ4v) is 4.75. The third-order valence-corrected chi connectivity index (χ3v) is 6.67. The molecule has 0 atom stereocenters. The molecule has 30 heavy (non-hydrogen) atoms. The predicted octanol–water partition coefficient (Wildman–Crippen LogP) is 5.30. The number of anilines is 1. The minimum absolute atomic E-state index is 0. The summed E-state index contributed by atoms with van der Waals surface area (Å²) in [4.78, 5) is 23.4. The van der Waals surface area contributed by atoms with E-state index in [4.69, 9.17) is 10.2 Å². The van der Waals surface area contributed by atoms with Gasteiger partial charge in [0.15, 0.2) is 5.13 Å². The third-order valence-electron chi connectivity index (χ3n) is 4.86. The molecule has 2 aromatic carbocycles. The van der Waals surface area contributed by atoms with Gasteiger partial charge in [-0.25, -0.2) is 4.98 Å². The van der Waals surface area contributed by atoms with Crippen molar-refractivity contribution in [3.63, 3.8) is 0 Å². The highest BCUT2D eigenvalue weighted by molar-refractivity contribution is 7.98. The zero-order valence-corrected chi connectivity index (χ0v) is 19.7. The molecule has 1 amide bonds. The van der Waals surface area contributed by atoms with Crippen LogP contribution in [0.3, 0.4) is 0 Å². The summed E-state index contributed by atoms with van der Waals surface area (Å²) in [7, 11) is 0. The summed E-state index contributed by atoms with van der Waals surface area (Å²) >= 11 is 3.20. The second-order valence-electron chi connectivity index (χ2n) is 6.48. The van der Waals surface area contributed by atoms with Gasteiger partial charge in [-0.05, 0) is 55.7 Å². The van der Waals surface area contributed by atoms with Crippen molar-refractivity contribution in [3.8, 4) is 6.07 Å². The van der Waals surface area contributed by atoms with E-state index >= 15 is 0 Å². The Hall–Kier alpha value is -2.11. The molecule has 0 radical (unpaired) electrons. The lowest BCUT2D eigenvalue weighted by Crippen LogP contribution is -2.38. The number of rotatable bonds is 8. The minimum Gasteiger partial charge on any atom is -0.302 e. The highest BCUT2D eigenvalue weighted by Crippen LogP contribution is 2.34. The Kier molecular flexibility index (Phi) is 9.12. The number of thiazole rings is 1. The number of aromatic nitrogens is 1. The Morgan fingerprint density at radius 1 is 1.13 bits per heavy atom. The van der Waals surface area contributed by atoms with E-state index in [9.17, 15) is 4.79 Å². The molecule has 0 aliphatic heterocycles. The molecule has 1 heterocycles. The lowest BCUT2D eigenvalue weighted by atomic mass is 10.1. The number of hydrogen-bond donors (Lipinski definition) is 0. The number of thioether (sulfide) groups is 1. The van der Waals surface area contributed by atoms with Gasteiger partial charge in [0.25, 0.3) is 5.91 Å². The average molecular weight is 461 g/mol. The maximum atomic E-state index is 13.4. The van der Waals surface area contributed by atoms with E-state index in [1.807, 2.05) is 18.4 Å². The summed E-state index contributed by atoms with van der Waals surface area (Å²) in [5.74, 6) is -0.0913. The van der Waals surface area contributed by atoms with Crippen LogP contribution in [0.15, 0.2) is 47.4 Å². The number of para-hydroxylation sites is 1. The van der Waals surface area contributed by atoms with Crippen molar-refractivity contribution in [2.75, 3.05) is 37.3 Å². The first kappa shape index (κ1) is 24.2. The quantitative estimate of drug-likeness (QED) is 0.427. The highest BCUT2D eigenvalue weighted by Gasteiger charge is 2.22. The molecule has 0 N–H and O–H groups in total. The third kappa shape index (κ3) is 5.32. The summed E-state index contributed by atoms with van der Waals surface area (Å²) in [6.07, 6.45) is 2.04.